The Balaban J connectivity index is 1.53. The average Bonchev–Trinajstić information content (AvgIpc) is 3.60. The first-order chi connectivity index (χ1) is 16.6. The molecule has 2 aliphatic heterocycles. The topological polar surface area (TPSA) is 97.0 Å². The van der Waals surface area contributed by atoms with E-state index in [4.69, 9.17) is 4.98 Å². The fraction of sp³-hybridized carbons (Fsp3) is 0.273. The number of nitrogens with one attached hydrogen (secondary N) is 1. The van der Waals surface area contributed by atoms with E-state index in [0.717, 1.165) is 11.1 Å². The third-order valence-corrected chi connectivity index (χ3v) is 6.95. The number of benzene rings is 1. The Bertz CT molecular complexity index is 1400. The van der Waals surface area contributed by atoms with Crippen molar-refractivity contribution >= 4 is 29.1 Å². The second-order valence-electron chi connectivity index (χ2n) is 8.05. The van der Waals surface area contributed by atoms with E-state index in [2.05, 4.69) is 30.7 Å². The van der Waals surface area contributed by atoms with Crippen LogP contribution in [-0.4, -0.2) is 35.9 Å². The fourth-order valence-electron chi connectivity index (χ4n) is 4.52. The van der Waals surface area contributed by atoms with Gasteiger partial charge in [0, 0.05) is 29.5 Å². The van der Waals surface area contributed by atoms with Gasteiger partial charge in [-0.25, -0.2) is 23.7 Å². The maximum Gasteiger partial charge on any atom is 0.161 e. The van der Waals surface area contributed by atoms with Crippen LogP contribution < -0.4 is 10.3 Å². The number of aryl methyl sites for hydroxylation is 1. The minimum absolute atomic E-state index is 0.187. The van der Waals surface area contributed by atoms with Crippen molar-refractivity contribution in [3.8, 4) is 5.69 Å². The fourth-order valence-corrected chi connectivity index (χ4v) is 5.24. The molecule has 4 aromatic rings. The van der Waals surface area contributed by atoms with Gasteiger partial charge in [0.25, 0.3) is 0 Å². The molecule has 3 aromatic heterocycles. The van der Waals surface area contributed by atoms with Crippen molar-refractivity contribution in [1.82, 2.24) is 35.1 Å². The lowest BCUT2D eigenvalue weighted by Gasteiger charge is -2.37. The van der Waals surface area contributed by atoms with Crippen LogP contribution in [0.5, 0.6) is 0 Å². The summed E-state index contributed by atoms with van der Waals surface area (Å²) in [5, 5.41) is 15.7. The summed E-state index contributed by atoms with van der Waals surface area (Å²) in [6.07, 6.45) is 5.88. The van der Waals surface area contributed by atoms with Crippen molar-refractivity contribution in [3.63, 3.8) is 0 Å². The Morgan fingerprint density at radius 1 is 1.15 bits per heavy atom. The van der Waals surface area contributed by atoms with Gasteiger partial charge >= 0.3 is 0 Å². The van der Waals surface area contributed by atoms with Crippen LogP contribution in [0, 0.1) is 18.6 Å². The molecule has 6 rings (SSSR count). The summed E-state index contributed by atoms with van der Waals surface area (Å²) < 4.78 is 30.0. The number of aromatic nitrogens is 6. The number of nitrogens with zero attached hydrogens (tertiary/aromatic N) is 8. The minimum Gasteiger partial charge on any atom is -0.314 e. The summed E-state index contributed by atoms with van der Waals surface area (Å²) in [6.45, 7) is 3.87. The first-order valence-electron chi connectivity index (χ1n) is 10.8. The lowest BCUT2D eigenvalue weighted by atomic mass is 10.0. The van der Waals surface area contributed by atoms with E-state index in [-0.39, 0.29) is 18.0 Å². The third kappa shape index (κ3) is 3.09. The number of anilines is 2. The maximum absolute atomic E-state index is 14.3. The van der Waals surface area contributed by atoms with E-state index in [0.29, 0.717) is 41.1 Å². The molecule has 0 spiro atoms. The number of thiazole rings is 1. The van der Waals surface area contributed by atoms with Crippen molar-refractivity contribution < 1.29 is 8.78 Å². The lowest BCUT2D eigenvalue weighted by Crippen LogP contribution is -2.33. The van der Waals surface area contributed by atoms with Gasteiger partial charge < -0.3 is 4.90 Å². The van der Waals surface area contributed by atoms with E-state index in [1.54, 1.807) is 24.7 Å². The Kier molecular flexibility index (Phi) is 4.83. The van der Waals surface area contributed by atoms with Crippen molar-refractivity contribution in [2.75, 3.05) is 4.90 Å². The highest BCUT2D eigenvalue weighted by atomic mass is 32.1. The Hall–Kier alpha value is -3.80. The quantitative estimate of drug-likeness (QED) is 0.470. The molecule has 0 saturated heterocycles. The van der Waals surface area contributed by atoms with E-state index < -0.39 is 11.6 Å². The molecule has 5 heterocycles. The van der Waals surface area contributed by atoms with Gasteiger partial charge in [0.15, 0.2) is 23.3 Å². The molecule has 0 aliphatic carbocycles. The van der Waals surface area contributed by atoms with E-state index in [1.165, 1.54) is 17.4 Å². The Morgan fingerprint density at radius 2 is 2.03 bits per heavy atom. The summed E-state index contributed by atoms with van der Waals surface area (Å²) >= 11 is 1.53. The molecule has 3 atom stereocenters. The molecule has 34 heavy (non-hydrogen) atoms. The minimum atomic E-state index is -0.928. The second kappa shape index (κ2) is 7.90. The van der Waals surface area contributed by atoms with E-state index in [1.807, 2.05) is 28.7 Å². The third-order valence-electron chi connectivity index (χ3n) is 6.09. The molecular weight excluding hydrogens is 460 g/mol. The number of rotatable bonds is 4. The Morgan fingerprint density at radius 3 is 2.79 bits per heavy atom. The number of halogens is 2. The van der Waals surface area contributed by atoms with Gasteiger partial charge in [0.1, 0.15) is 28.4 Å². The standard InChI is InChI=1S/C22H19F2N9S/c1-3-16-21-31-29-11(2)32(21)17-10-26-19(13-9-27-30-18(13)22-25-6-7-34-22)28-20(17)33(16)12-4-5-14(23)15(24)8-12/h4-10,13,16,18,30H,3H2,1-2H3/t13?,16-,18?/m1/s1. The summed E-state index contributed by atoms with van der Waals surface area (Å²) in [7, 11) is 0. The summed E-state index contributed by atoms with van der Waals surface area (Å²) in [6, 6.07) is 3.37. The highest BCUT2D eigenvalue weighted by molar-refractivity contribution is 7.09. The summed E-state index contributed by atoms with van der Waals surface area (Å²) in [5.74, 6) is 0.421. The summed E-state index contributed by atoms with van der Waals surface area (Å²) in [4.78, 5) is 15.9. The predicted molar refractivity (Wildman–Crippen MR) is 122 cm³/mol. The predicted octanol–water partition coefficient (Wildman–Crippen LogP) is 4.12. The largest absolute Gasteiger partial charge is 0.314 e. The van der Waals surface area contributed by atoms with E-state index in [9.17, 15) is 8.78 Å². The number of fused-ring (bicyclic) bond motifs is 3. The van der Waals surface area contributed by atoms with Gasteiger partial charge in [-0.05, 0) is 25.5 Å². The summed E-state index contributed by atoms with van der Waals surface area (Å²) in [5.41, 5.74) is 4.23. The van der Waals surface area contributed by atoms with E-state index >= 15 is 0 Å². The van der Waals surface area contributed by atoms with Crippen LogP contribution in [-0.2, 0) is 0 Å². The van der Waals surface area contributed by atoms with Gasteiger partial charge in [-0.1, -0.05) is 6.92 Å². The molecular formula is C22H19F2N9S. The highest BCUT2D eigenvalue weighted by Crippen LogP contribution is 2.44. The lowest BCUT2D eigenvalue weighted by molar-refractivity contribution is 0.506. The average molecular weight is 480 g/mol. The Labute approximate surface area is 197 Å². The maximum atomic E-state index is 14.3. The SMILES string of the molecule is CC[C@@H]1c2nnc(C)n2-c2cnc(C3C=NNC3c3nccs3)nc2N1c1ccc(F)c(F)c1. The second-order valence-corrected chi connectivity index (χ2v) is 8.98. The zero-order valence-corrected chi connectivity index (χ0v) is 19.0. The van der Waals surface area contributed by atoms with Gasteiger partial charge in [-0.2, -0.15) is 5.10 Å². The van der Waals surface area contributed by atoms with Crippen LogP contribution in [0.25, 0.3) is 5.69 Å². The highest BCUT2D eigenvalue weighted by Gasteiger charge is 2.38. The van der Waals surface area contributed by atoms with Crippen LogP contribution >= 0.6 is 11.3 Å². The molecule has 9 nitrogen and oxygen atoms in total. The van der Waals surface area contributed by atoms with Crippen molar-refractivity contribution in [3.05, 3.63) is 70.1 Å². The van der Waals surface area contributed by atoms with Crippen LogP contribution in [0.15, 0.2) is 41.1 Å². The molecule has 0 saturated carbocycles. The molecule has 2 unspecified atom stereocenters. The first kappa shape index (κ1) is 20.8. The number of hydrogen-bond acceptors (Lipinski definition) is 9. The molecule has 1 N–H and O–H groups in total. The normalized spacial score (nSPS) is 20.8. The zero-order valence-electron chi connectivity index (χ0n) is 18.2. The number of hydrazone groups is 1. The molecule has 1 aromatic carbocycles. The van der Waals surface area contributed by atoms with Crippen LogP contribution in [0.3, 0.4) is 0 Å². The molecule has 0 bridgehead atoms. The van der Waals surface area contributed by atoms with Crippen LogP contribution in [0.1, 0.15) is 53.8 Å². The van der Waals surface area contributed by atoms with Crippen molar-refractivity contribution in [1.29, 1.82) is 0 Å². The van der Waals surface area contributed by atoms with Crippen LogP contribution in [0.2, 0.25) is 0 Å². The van der Waals surface area contributed by atoms with Crippen LogP contribution in [0.4, 0.5) is 20.3 Å². The molecule has 0 fully saturated rings. The van der Waals surface area contributed by atoms with Crippen molar-refractivity contribution in [2.45, 2.75) is 38.3 Å². The molecule has 12 heteroatoms. The molecule has 2 aliphatic rings. The van der Waals surface area contributed by atoms with Crippen molar-refractivity contribution in [2.24, 2.45) is 5.10 Å². The molecule has 0 radical (unpaired) electrons. The monoisotopic (exact) mass is 479 g/mol. The van der Waals surface area contributed by atoms with Gasteiger partial charge in [0.2, 0.25) is 0 Å². The molecule has 172 valence electrons. The number of hydrogen-bond donors (Lipinski definition) is 1. The zero-order chi connectivity index (χ0) is 23.4. The van der Waals surface area contributed by atoms with Gasteiger partial charge in [0.05, 0.1) is 18.2 Å². The van der Waals surface area contributed by atoms with Gasteiger partial charge in [-0.15, -0.1) is 21.5 Å². The smallest absolute Gasteiger partial charge is 0.161 e. The first-order valence-corrected chi connectivity index (χ1v) is 11.7. The molecule has 0 amide bonds. The van der Waals surface area contributed by atoms with Gasteiger partial charge in [-0.3, -0.25) is 9.99 Å².